The summed E-state index contributed by atoms with van der Waals surface area (Å²) in [7, 11) is 1.89. The van der Waals surface area contributed by atoms with E-state index in [2.05, 4.69) is 16.3 Å². The maximum atomic E-state index is 9.18. The Morgan fingerprint density at radius 3 is 2.32 bits per heavy atom. The molecule has 0 radical (unpaired) electrons. The van der Waals surface area contributed by atoms with E-state index in [-0.39, 0.29) is 5.54 Å². The lowest BCUT2D eigenvalue weighted by molar-refractivity contribution is 0.0649. The molecule has 0 bridgehead atoms. The Kier molecular flexibility index (Phi) is 4.86. The van der Waals surface area contributed by atoms with Crippen molar-refractivity contribution in [2.75, 3.05) is 26.7 Å². The molecule has 2 aliphatic rings. The maximum Gasteiger partial charge on any atom is 0.104 e. The van der Waals surface area contributed by atoms with E-state index >= 15 is 0 Å². The lowest BCUT2D eigenvalue weighted by Crippen LogP contribution is -2.45. The van der Waals surface area contributed by atoms with Crippen LogP contribution in [0.5, 0.6) is 0 Å². The molecule has 1 aliphatic carbocycles. The zero-order valence-electron chi connectivity index (χ0n) is 12.7. The van der Waals surface area contributed by atoms with Gasteiger partial charge in [-0.25, -0.2) is 0 Å². The van der Waals surface area contributed by atoms with Gasteiger partial charge in [0, 0.05) is 6.54 Å². The van der Waals surface area contributed by atoms with Crippen molar-refractivity contribution in [1.82, 2.24) is 10.2 Å². The van der Waals surface area contributed by atoms with Gasteiger partial charge in [0.15, 0.2) is 0 Å². The predicted octanol–water partition coefficient (Wildman–Crippen LogP) is 2.92. The van der Waals surface area contributed by atoms with Crippen molar-refractivity contribution in [2.24, 2.45) is 5.41 Å². The quantitative estimate of drug-likeness (QED) is 0.847. The van der Waals surface area contributed by atoms with Crippen LogP contribution in [0.15, 0.2) is 0 Å². The van der Waals surface area contributed by atoms with Crippen LogP contribution in [0.2, 0.25) is 0 Å². The van der Waals surface area contributed by atoms with E-state index in [4.69, 9.17) is 0 Å². The third-order valence-electron chi connectivity index (χ3n) is 5.56. The summed E-state index contributed by atoms with van der Waals surface area (Å²) < 4.78 is 0. The molecule has 1 unspecified atom stereocenters. The van der Waals surface area contributed by atoms with E-state index in [1.165, 1.54) is 58.0 Å². The SMILES string of the molecule is CNC(C)(C#N)CCN1CCC2(CCCCC2)CC1. The molecule has 1 spiro atoms. The highest BCUT2D eigenvalue weighted by molar-refractivity contribution is 5.03. The number of hydrogen-bond acceptors (Lipinski definition) is 3. The normalized spacial score (nSPS) is 26.8. The van der Waals surface area contributed by atoms with E-state index in [0.29, 0.717) is 5.41 Å². The van der Waals surface area contributed by atoms with Crippen LogP contribution in [0.1, 0.15) is 58.3 Å². The maximum absolute atomic E-state index is 9.18. The number of hydrogen-bond donors (Lipinski definition) is 1. The van der Waals surface area contributed by atoms with Crippen molar-refractivity contribution in [3.63, 3.8) is 0 Å². The molecule has 1 saturated heterocycles. The lowest BCUT2D eigenvalue weighted by Gasteiger charge is -2.44. The largest absolute Gasteiger partial charge is 0.303 e. The van der Waals surface area contributed by atoms with Crippen molar-refractivity contribution in [1.29, 1.82) is 5.26 Å². The molecule has 0 aromatic rings. The van der Waals surface area contributed by atoms with E-state index in [1.807, 2.05) is 14.0 Å². The van der Waals surface area contributed by atoms with Crippen LogP contribution in [0.4, 0.5) is 0 Å². The van der Waals surface area contributed by atoms with E-state index < -0.39 is 0 Å². The summed E-state index contributed by atoms with van der Waals surface area (Å²) in [4.78, 5) is 2.56. The summed E-state index contributed by atoms with van der Waals surface area (Å²) in [5.41, 5.74) is 0.330. The number of nitrogens with zero attached hydrogens (tertiary/aromatic N) is 2. The number of nitrogens with one attached hydrogen (secondary N) is 1. The summed E-state index contributed by atoms with van der Waals surface area (Å²) in [5.74, 6) is 0. The van der Waals surface area contributed by atoms with Gasteiger partial charge in [-0.05, 0) is 64.6 Å². The Balaban J connectivity index is 1.76. The second kappa shape index (κ2) is 6.24. The molecule has 0 aromatic carbocycles. The Morgan fingerprint density at radius 2 is 1.79 bits per heavy atom. The highest BCUT2D eigenvalue weighted by Gasteiger charge is 2.35. The molecule has 2 rings (SSSR count). The molecule has 108 valence electrons. The zero-order valence-corrected chi connectivity index (χ0v) is 12.7. The van der Waals surface area contributed by atoms with Gasteiger partial charge in [0.1, 0.15) is 5.54 Å². The first-order valence-electron chi connectivity index (χ1n) is 7.94. The molecule has 1 heterocycles. The molecule has 0 aromatic heterocycles. The first kappa shape index (κ1) is 14.8. The van der Waals surface area contributed by atoms with Crippen LogP contribution in [0, 0.1) is 16.7 Å². The van der Waals surface area contributed by atoms with Gasteiger partial charge in [-0.15, -0.1) is 0 Å². The van der Waals surface area contributed by atoms with Crippen LogP contribution in [0.25, 0.3) is 0 Å². The van der Waals surface area contributed by atoms with Gasteiger partial charge < -0.3 is 10.2 Å². The van der Waals surface area contributed by atoms with Gasteiger partial charge >= 0.3 is 0 Å². The van der Waals surface area contributed by atoms with Crippen LogP contribution >= 0.6 is 0 Å². The molecule has 1 aliphatic heterocycles. The fourth-order valence-corrected chi connectivity index (χ4v) is 3.67. The Hall–Kier alpha value is -0.590. The minimum atomic E-state index is -0.361. The first-order chi connectivity index (χ1) is 9.11. The number of likely N-dealkylation sites (tertiary alicyclic amines) is 1. The summed E-state index contributed by atoms with van der Waals surface area (Å²) in [6, 6.07) is 2.39. The van der Waals surface area contributed by atoms with Gasteiger partial charge in [-0.3, -0.25) is 0 Å². The Labute approximate surface area is 118 Å². The van der Waals surface area contributed by atoms with Crippen molar-refractivity contribution in [2.45, 2.75) is 63.8 Å². The van der Waals surface area contributed by atoms with Crippen LogP contribution in [-0.2, 0) is 0 Å². The topological polar surface area (TPSA) is 39.1 Å². The van der Waals surface area contributed by atoms with Gasteiger partial charge in [-0.2, -0.15) is 5.26 Å². The average molecular weight is 263 g/mol. The third kappa shape index (κ3) is 3.70. The molecule has 19 heavy (non-hydrogen) atoms. The standard InChI is InChI=1S/C16H29N3/c1-15(14-17,18-2)8-11-19-12-9-16(10-13-19)6-4-3-5-7-16/h18H,3-13H2,1-2H3. The first-order valence-corrected chi connectivity index (χ1v) is 7.94. The number of piperidine rings is 1. The molecule has 3 nitrogen and oxygen atoms in total. The molecule has 1 N–H and O–H groups in total. The minimum Gasteiger partial charge on any atom is -0.303 e. The fourth-order valence-electron chi connectivity index (χ4n) is 3.67. The number of rotatable bonds is 4. The molecule has 1 saturated carbocycles. The third-order valence-corrected chi connectivity index (χ3v) is 5.56. The average Bonchev–Trinajstić information content (AvgIpc) is 2.47. The van der Waals surface area contributed by atoms with E-state index in [1.54, 1.807) is 0 Å². The van der Waals surface area contributed by atoms with Crippen molar-refractivity contribution in [3.8, 4) is 6.07 Å². The summed E-state index contributed by atoms with van der Waals surface area (Å²) in [6.45, 7) is 5.54. The van der Waals surface area contributed by atoms with Crippen LogP contribution < -0.4 is 5.32 Å². The second-order valence-electron chi connectivity index (χ2n) is 6.85. The van der Waals surface area contributed by atoms with Crippen molar-refractivity contribution >= 4 is 0 Å². The molecule has 2 fully saturated rings. The molecule has 3 heteroatoms. The molecule has 1 atom stereocenters. The molecular weight excluding hydrogens is 234 g/mol. The highest BCUT2D eigenvalue weighted by atomic mass is 15.1. The van der Waals surface area contributed by atoms with Crippen LogP contribution in [0.3, 0.4) is 0 Å². The molecular formula is C16H29N3. The van der Waals surface area contributed by atoms with Gasteiger partial charge in [-0.1, -0.05) is 19.3 Å². The van der Waals surface area contributed by atoms with Gasteiger partial charge in [0.05, 0.1) is 6.07 Å². The van der Waals surface area contributed by atoms with Gasteiger partial charge in [0.2, 0.25) is 0 Å². The summed E-state index contributed by atoms with van der Waals surface area (Å²) in [5, 5.41) is 12.3. The van der Waals surface area contributed by atoms with E-state index in [0.717, 1.165) is 13.0 Å². The predicted molar refractivity (Wildman–Crippen MR) is 78.9 cm³/mol. The van der Waals surface area contributed by atoms with Gasteiger partial charge in [0.25, 0.3) is 0 Å². The monoisotopic (exact) mass is 263 g/mol. The lowest BCUT2D eigenvalue weighted by atomic mass is 9.68. The second-order valence-corrected chi connectivity index (χ2v) is 6.85. The summed E-state index contributed by atoms with van der Waals surface area (Å²) >= 11 is 0. The van der Waals surface area contributed by atoms with Crippen molar-refractivity contribution < 1.29 is 0 Å². The van der Waals surface area contributed by atoms with Crippen molar-refractivity contribution in [3.05, 3.63) is 0 Å². The smallest absolute Gasteiger partial charge is 0.104 e. The minimum absolute atomic E-state index is 0.361. The highest BCUT2D eigenvalue weighted by Crippen LogP contribution is 2.44. The number of nitriles is 1. The summed E-state index contributed by atoms with van der Waals surface area (Å²) in [6.07, 6.45) is 11.0. The Morgan fingerprint density at radius 1 is 1.16 bits per heavy atom. The van der Waals surface area contributed by atoms with Crippen LogP contribution in [-0.4, -0.2) is 37.1 Å². The fraction of sp³-hybridized carbons (Fsp3) is 0.938. The molecule has 0 amide bonds. The van der Waals surface area contributed by atoms with E-state index in [9.17, 15) is 5.26 Å². The Bertz CT molecular complexity index is 317. The zero-order chi connectivity index (χ0) is 13.8.